The lowest BCUT2D eigenvalue weighted by Crippen LogP contribution is -2.38. The van der Waals surface area contributed by atoms with Crippen LogP contribution in [0.4, 0.5) is 4.39 Å². The average molecular weight is 338 g/mol. The van der Waals surface area contributed by atoms with Crippen molar-refractivity contribution in [2.75, 3.05) is 6.54 Å². The molecular formula is C14H15FN4O3S. The second-order valence-electron chi connectivity index (χ2n) is 5.17. The van der Waals surface area contributed by atoms with E-state index >= 15 is 0 Å². The maximum atomic E-state index is 13.1. The van der Waals surface area contributed by atoms with E-state index in [1.54, 1.807) is 6.20 Å². The number of aryl methyl sites for hydroxylation is 1. The third-order valence-corrected chi connectivity index (χ3v) is 4.98. The third-order valence-electron chi connectivity index (χ3n) is 3.58. The summed E-state index contributed by atoms with van der Waals surface area (Å²) < 4.78 is 41.2. The van der Waals surface area contributed by atoms with Crippen LogP contribution in [0.5, 0.6) is 0 Å². The second-order valence-corrected chi connectivity index (χ2v) is 6.94. The molecule has 1 aliphatic rings. The number of rotatable bonds is 5. The summed E-state index contributed by atoms with van der Waals surface area (Å²) in [6.07, 6.45) is 4.19. The highest BCUT2D eigenvalue weighted by atomic mass is 32.2. The monoisotopic (exact) mass is 338 g/mol. The molecule has 1 aliphatic heterocycles. The molecule has 7 nitrogen and oxygen atoms in total. The topological polar surface area (TPSA) is 93.1 Å². The zero-order valence-electron chi connectivity index (χ0n) is 12.1. The van der Waals surface area contributed by atoms with E-state index in [1.807, 2.05) is 10.8 Å². The normalized spacial score (nSPS) is 17.0. The Kier molecular flexibility index (Phi) is 4.14. The number of hydrogen-bond acceptors (Lipinski definition) is 4. The van der Waals surface area contributed by atoms with Crippen LogP contribution in [0.1, 0.15) is 18.3 Å². The molecule has 1 aromatic heterocycles. The average Bonchev–Trinajstić information content (AvgIpc) is 3.10. The molecule has 0 radical (unpaired) electrons. The molecule has 2 N–H and O–H groups in total. The Balaban J connectivity index is 1.59. The highest BCUT2D eigenvalue weighted by Gasteiger charge is 2.25. The molecule has 1 unspecified atom stereocenters. The van der Waals surface area contributed by atoms with E-state index < -0.39 is 28.3 Å². The van der Waals surface area contributed by atoms with Gasteiger partial charge in [-0.15, -0.1) is 0 Å². The largest absolute Gasteiger partial charge is 0.345 e. The van der Waals surface area contributed by atoms with Gasteiger partial charge in [0.25, 0.3) is 0 Å². The van der Waals surface area contributed by atoms with Gasteiger partial charge < -0.3 is 9.88 Å². The van der Waals surface area contributed by atoms with Crippen molar-refractivity contribution in [1.82, 2.24) is 19.6 Å². The zero-order chi connectivity index (χ0) is 16.4. The van der Waals surface area contributed by atoms with Gasteiger partial charge in [0.1, 0.15) is 11.6 Å². The Hall–Kier alpha value is -2.26. The Morgan fingerprint density at radius 3 is 3.04 bits per heavy atom. The molecule has 0 saturated carbocycles. The van der Waals surface area contributed by atoms with Crippen LogP contribution in [0, 0.1) is 5.82 Å². The number of benzene rings is 1. The summed E-state index contributed by atoms with van der Waals surface area (Å²) in [6, 6.07) is 4.37. The van der Waals surface area contributed by atoms with Crippen molar-refractivity contribution >= 4 is 15.9 Å². The SMILES string of the molecule is O=C(CNS(=O)(=O)c1cccc(F)c1)NC1CCn2ccnc21. The molecule has 9 heteroatoms. The number of imidazole rings is 1. The molecule has 1 atom stereocenters. The Morgan fingerprint density at radius 1 is 1.43 bits per heavy atom. The van der Waals surface area contributed by atoms with Crippen molar-refractivity contribution in [3.05, 3.63) is 48.3 Å². The van der Waals surface area contributed by atoms with Crippen molar-refractivity contribution in [1.29, 1.82) is 0 Å². The molecule has 2 heterocycles. The van der Waals surface area contributed by atoms with Crippen molar-refractivity contribution in [2.45, 2.75) is 23.9 Å². The number of nitrogens with one attached hydrogen (secondary N) is 2. The first kappa shape index (κ1) is 15.6. The van der Waals surface area contributed by atoms with E-state index in [0.717, 1.165) is 24.5 Å². The summed E-state index contributed by atoms with van der Waals surface area (Å²) in [7, 11) is -3.93. The minimum Gasteiger partial charge on any atom is -0.345 e. The maximum absolute atomic E-state index is 13.1. The van der Waals surface area contributed by atoms with Crippen LogP contribution >= 0.6 is 0 Å². The molecule has 0 aliphatic carbocycles. The van der Waals surface area contributed by atoms with E-state index in [-0.39, 0.29) is 10.9 Å². The summed E-state index contributed by atoms with van der Waals surface area (Å²) in [5.74, 6) is -0.368. The highest BCUT2D eigenvalue weighted by molar-refractivity contribution is 7.89. The zero-order valence-corrected chi connectivity index (χ0v) is 12.9. The predicted octanol–water partition coefficient (Wildman–Crippen LogP) is 0.562. The first-order valence-electron chi connectivity index (χ1n) is 7.01. The molecule has 2 aromatic rings. The number of hydrogen-bond donors (Lipinski definition) is 2. The molecule has 0 spiro atoms. The van der Waals surface area contributed by atoms with Gasteiger partial charge in [0.15, 0.2) is 0 Å². The Bertz CT molecular complexity index is 834. The van der Waals surface area contributed by atoms with Crippen LogP contribution in [-0.4, -0.2) is 30.4 Å². The van der Waals surface area contributed by atoms with Crippen LogP contribution in [0.25, 0.3) is 0 Å². The van der Waals surface area contributed by atoms with E-state index in [4.69, 9.17) is 0 Å². The standard InChI is InChI=1S/C14H15FN4O3S/c15-10-2-1-3-11(8-10)23(21,22)17-9-13(20)18-12-4-6-19-7-5-16-14(12)19/h1-3,5,7-8,12,17H,4,6,9H2,(H,18,20). The van der Waals surface area contributed by atoms with E-state index in [9.17, 15) is 17.6 Å². The molecule has 3 rings (SSSR count). The van der Waals surface area contributed by atoms with Crippen molar-refractivity contribution in [3.8, 4) is 0 Å². The summed E-state index contributed by atoms with van der Waals surface area (Å²) >= 11 is 0. The van der Waals surface area contributed by atoms with Gasteiger partial charge in [-0.3, -0.25) is 4.79 Å². The number of fused-ring (bicyclic) bond motifs is 1. The molecule has 1 amide bonds. The molecular weight excluding hydrogens is 323 g/mol. The number of carbonyl (C=O) groups is 1. The summed E-state index contributed by atoms with van der Waals surface area (Å²) in [5.41, 5.74) is 0. The molecule has 0 saturated heterocycles. The predicted molar refractivity (Wildman–Crippen MR) is 79.3 cm³/mol. The summed E-state index contributed by atoms with van der Waals surface area (Å²) in [6.45, 7) is 0.339. The molecule has 1 aromatic carbocycles. The van der Waals surface area contributed by atoms with E-state index in [0.29, 0.717) is 6.42 Å². The number of aromatic nitrogens is 2. The smallest absolute Gasteiger partial charge is 0.241 e. The first-order valence-corrected chi connectivity index (χ1v) is 8.50. The van der Waals surface area contributed by atoms with Crippen LogP contribution < -0.4 is 10.0 Å². The fourth-order valence-corrected chi connectivity index (χ4v) is 3.49. The van der Waals surface area contributed by atoms with Crippen LogP contribution in [0.2, 0.25) is 0 Å². The van der Waals surface area contributed by atoms with E-state index in [2.05, 4.69) is 15.0 Å². The molecule has 0 fully saturated rings. The van der Waals surface area contributed by atoms with Gasteiger partial charge >= 0.3 is 0 Å². The van der Waals surface area contributed by atoms with Crippen molar-refractivity contribution in [2.24, 2.45) is 0 Å². The van der Waals surface area contributed by atoms with Gasteiger partial charge in [-0.2, -0.15) is 0 Å². The molecule has 122 valence electrons. The number of amides is 1. The third kappa shape index (κ3) is 3.40. The Labute approximate surface area is 132 Å². The van der Waals surface area contributed by atoms with Gasteiger partial charge in [0.05, 0.1) is 17.5 Å². The van der Waals surface area contributed by atoms with Gasteiger partial charge in [0.2, 0.25) is 15.9 Å². The van der Waals surface area contributed by atoms with Gasteiger partial charge in [-0.25, -0.2) is 22.5 Å². The first-order chi connectivity index (χ1) is 11.0. The number of sulfonamides is 1. The lowest BCUT2D eigenvalue weighted by molar-refractivity contribution is -0.120. The number of carbonyl (C=O) groups excluding carboxylic acids is 1. The highest BCUT2D eigenvalue weighted by Crippen LogP contribution is 2.23. The number of nitrogens with zero attached hydrogens (tertiary/aromatic N) is 2. The fourth-order valence-electron chi connectivity index (χ4n) is 2.48. The van der Waals surface area contributed by atoms with E-state index in [1.165, 1.54) is 12.1 Å². The van der Waals surface area contributed by atoms with Crippen LogP contribution in [0.3, 0.4) is 0 Å². The quantitative estimate of drug-likeness (QED) is 0.833. The van der Waals surface area contributed by atoms with Crippen molar-refractivity contribution < 1.29 is 17.6 Å². The van der Waals surface area contributed by atoms with Gasteiger partial charge in [-0.05, 0) is 24.6 Å². The lowest BCUT2D eigenvalue weighted by atomic mass is 10.2. The van der Waals surface area contributed by atoms with Gasteiger partial charge in [0, 0.05) is 18.9 Å². The van der Waals surface area contributed by atoms with Crippen molar-refractivity contribution in [3.63, 3.8) is 0 Å². The summed E-state index contributed by atoms with van der Waals surface area (Å²) in [5, 5.41) is 2.73. The Morgan fingerprint density at radius 2 is 2.26 bits per heavy atom. The number of halogens is 1. The maximum Gasteiger partial charge on any atom is 0.241 e. The fraction of sp³-hybridized carbons (Fsp3) is 0.286. The van der Waals surface area contributed by atoms with Crippen LogP contribution in [-0.2, 0) is 21.4 Å². The molecule has 0 bridgehead atoms. The van der Waals surface area contributed by atoms with Crippen LogP contribution in [0.15, 0.2) is 41.6 Å². The minimum atomic E-state index is -3.93. The summed E-state index contributed by atoms with van der Waals surface area (Å²) in [4.78, 5) is 15.9. The molecule has 23 heavy (non-hydrogen) atoms. The lowest BCUT2D eigenvalue weighted by Gasteiger charge is -2.12. The second kappa shape index (κ2) is 6.09. The minimum absolute atomic E-state index is 0.221. The van der Waals surface area contributed by atoms with Gasteiger partial charge in [-0.1, -0.05) is 6.07 Å².